The van der Waals surface area contributed by atoms with Crippen LogP contribution in [0.4, 0.5) is 0 Å². The van der Waals surface area contributed by atoms with Gasteiger partial charge in [-0.05, 0) is 48.4 Å². The molecular weight excluding hydrogens is 352 g/mol. The molecule has 0 amide bonds. The maximum absolute atomic E-state index is 10.8. The lowest BCUT2D eigenvalue weighted by atomic mass is 9.95. The first-order valence-electron chi connectivity index (χ1n) is 8.11. The highest BCUT2D eigenvalue weighted by Gasteiger charge is 2.42. The highest BCUT2D eigenvalue weighted by Crippen LogP contribution is 2.32. The van der Waals surface area contributed by atoms with E-state index < -0.39 is 17.9 Å². The molecule has 0 bridgehead atoms. The lowest BCUT2D eigenvalue weighted by Crippen LogP contribution is -2.47. The number of hydrogen-bond donors (Lipinski definition) is 2. The molecule has 7 heteroatoms. The number of aliphatic hydroxyl groups is 1. The number of ether oxygens (including phenoxy) is 4. The first kappa shape index (κ1) is 22.4. The van der Waals surface area contributed by atoms with E-state index in [-0.39, 0.29) is 5.75 Å². The minimum Gasteiger partial charge on any atom is -0.508 e. The number of methoxy groups -OCH3 is 4. The van der Waals surface area contributed by atoms with E-state index in [0.29, 0.717) is 17.7 Å². The van der Waals surface area contributed by atoms with Crippen LogP contribution in [-0.4, -0.2) is 56.5 Å². The highest BCUT2D eigenvalue weighted by atomic mass is 16.7. The monoisotopic (exact) mass is 378 g/mol. The van der Waals surface area contributed by atoms with Crippen LogP contribution in [0.1, 0.15) is 16.8 Å². The third-order valence-corrected chi connectivity index (χ3v) is 3.91. The second-order valence-corrected chi connectivity index (χ2v) is 5.53. The Morgan fingerprint density at radius 3 is 2.22 bits per heavy atom. The summed E-state index contributed by atoms with van der Waals surface area (Å²) in [4.78, 5) is 10.8. The van der Waals surface area contributed by atoms with Gasteiger partial charge in [0.15, 0.2) is 6.10 Å². The minimum absolute atomic E-state index is 0.137. The van der Waals surface area contributed by atoms with E-state index >= 15 is 0 Å². The summed E-state index contributed by atoms with van der Waals surface area (Å²) in [5, 5.41) is 18.9. The molecule has 0 radical (unpaired) electrons. The van der Waals surface area contributed by atoms with Crippen LogP contribution < -0.4 is 0 Å². The predicted octanol–water partition coefficient (Wildman–Crippen LogP) is 2.56. The molecule has 0 heterocycles. The summed E-state index contributed by atoms with van der Waals surface area (Å²) in [5.41, 5.74) is 1.37. The molecule has 1 aliphatic rings. The van der Waals surface area contributed by atoms with Crippen molar-refractivity contribution >= 4 is 5.97 Å². The molecule has 1 unspecified atom stereocenters. The van der Waals surface area contributed by atoms with Crippen molar-refractivity contribution in [1.82, 2.24) is 0 Å². The number of aliphatic hydroxyl groups excluding tert-OH is 1. The number of esters is 1. The average Bonchev–Trinajstić information content (AvgIpc) is 2.70. The van der Waals surface area contributed by atoms with Crippen LogP contribution >= 0.6 is 0 Å². The van der Waals surface area contributed by atoms with Crippen molar-refractivity contribution in [2.45, 2.75) is 18.3 Å². The summed E-state index contributed by atoms with van der Waals surface area (Å²) in [5.74, 6) is -1.02. The average molecular weight is 378 g/mol. The number of benzene rings is 1. The Balaban J connectivity index is 0.000000289. The molecule has 1 aromatic rings. The predicted molar refractivity (Wildman–Crippen MR) is 100 cm³/mol. The number of rotatable bonds is 6. The normalized spacial score (nSPS) is 17.6. The summed E-state index contributed by atoms with van der Waals surface area (Å²) < 4.78 is 20.1. The van der Waals surface area contributed by atoms with Gasteiger partial charge in [-0.3, -0.25) is 0 Å². The van der Waals surface area contributed by atoms with Crippen molar-refractivity contribution in [3.8, 4) is 5.75 Å². The number of aromatic hydroxyl groups is 1. The summed E-state index contributed by atoms with van der Waals surface area (Å²) in [6.07, 6.45) is 4.96. The van der Waals surface area contributed by atoms with Gasteiger partial charge in [0.2, 0.25) is 5.79 Å². The van der Waals surface area contributed by atoms with Gasteiger partial charge in [0.05, 0.1) is 19.8 Å². The van der Waals surface area contributed by atoms with Crippen LogP contribution in [0.2, 0.25) is 0 Å². The zero-order valence-corrected chi connectivity index (χ0v) is 16.0. The maximum atomic E-state index is 10.8. The van der Waals surface area contributed by atoms with Crippen molar-refractivity contribution in [3.63, 3.8) is 0 Å². The molecule has 0 aliphatic heterocycles. The minimum atomic E-state index is -1.18. The summed E-state index contributed by atoms with van der Waals surface area (Å²) in [7, 11) is 5.78. The summed E-state index contributed by atoms with van der Waals surface area (Å²) in [6, 6.07) is 5.88. The van der Waals surface area contributed by atoms with Gasteiger partial charge in [-0.1, -0.05) is 6.08 Å². The number of carbonyl (C=O) groups is 1. The quantitative estimate of drug-likeness (QED) is 0.446. The van der Waals surface area contributed by atoms with Crippen molar-refractivity contribution in [2.75, 3.05) is 28.4 Å². The smallest absolute Gasteiger partial charge is 0.337 e. The fraction of sp³-hybridized carbons (Fsp3) is 0.350. The molecule has 1 aromatic carbocycles. The molecule has 148 valence electrons. The van der Waals surface area contributed by atoms with Gasteiger partial charge in [0.25, 0.3) is 0 Å². The number of phenolic OH excluding ortho intramolecular Hbond substituents is 1. The van der Waals surface area contributed by atoms with E-state index in [1.54, 1.807) is 18.2 Å². The molecule has 2 rings (SSSR count). The van der Waals surface area contributed by atoms with Gasteiger partial charge in [0, 0.05) is 14.2 Å². The largest absolute Gasteiger partial charge is 0.508 e. The highest BCUT2D eigenvalue weighted by molar-refractivity contribution is 5.89. The molecule has 1 aliphatic carbocycles. The van der Waals surface area contributed by atoms with Crippen molar-refractivity contribution in [2.24, 2.45) is 0 Å². The number of allylic oxidation sites excluding steroid dienone is 3. The summed E-state index contributed by atoms with van der Waals surface area (Å²) in [6.45, 7) is 3.67. The molecule has 0 spiro atoms. The molecule has 0 fully saturated rings. The number of hydrogen-bond acceptors (Lipinski definition) is 7. The van der Waals surface area contributed by atoms with Crippen LogP contribution in [0.15, 0.2) is 60.4 Å². The van der Waals surface area contributed by atoms with Gasteiger partial charge in [-0.25, -0.2) is 4.79 Å². The van der Waals surface area contributed by atoms with Crippen molar-refractivity contribution in [3.05, 3.63) is 66.0 Å². The van der Waals surface area contributed by atoms with Crippen molar-refractivity contribution in [1.29, 1.82) is 0 Å². The third kappa shape index (κ3) is 5.68. The Bertz CT molecular complexity index is 685. The molecule has 2 N–H and O–H groups in total. The molecule has 27 heavy (non-hydrogen) atoms. The fourth-order valence-electron chi connectivity index (χ4n) is 2.43. The Labute approximate surface area is 159 Å². The van der Waals surface area contributed by atoms with Gasteiger partial charge < -0.3 is 29.2 Å². The molecule has 0 saturated carbocycles. The van der Waals surface area contributed by atoms with E-state index in [9.17, 15) is 9.90 Å². The van der Waals surface area contributed by atoms with Crippen LogP contribution in [0, 0.1) is 0 Å². The van der Waals surface area contributed by atoms with Gasteiger partial charge >= 0.3 is 5.97 Å². The molecule has 1 atom stereocenters. The van der Waals surface area contributed by atoms with Gasteiger partial charge in [-0.15, -0.1) is 6.58 Å². The third-order valence-electron chi connectivity index (χ3n) is 3.91. The topological polar surface area (TPSA) is 94.5 Å². The Kier molecular flexibility index (Phi) is 8.74. The lowest BCUT2D eigenvalue weighted by Gasteiger charge is -2.36. The van der Waals surface area contributed by atoms with Crippen LogP contribution in [0.25, 0.3) is 0 Å². The maximum Gasteiger partial charge on any atom is 0.337 e. The Hall–Kier alpha value is -2.61. The van der Waals surface area contributed by atoms with Gasteiger partial charge in [0.1, 0.15) is 11.5 Å². The van der Waals surface area contributed by atoms with Gasteiger partial charge in [-0.2, -0.15) is 0 Å². The Morgan fingerprint density at radius 1 is 1.19 bits per heavy atom. The zero-order valence-electron chi connectivity index (χ0n) is 16.0. The van der Waals surface area contributed by atoms with E-state index in [1.807, 2.05) is 0 Å². The second-order valence-electron chi connectivity index (χ2n) is 5.53. The molecule has 0 aromatic heterocycles. The first-order chi connectivity index (χ1) is 12.9. The van der Waals surface area contributed by atoms with E-state index in [4.69, 9.17) is 19.3 Å². The zero-order chi connectivity index (χ0) is 20.4. The van der Waals surface area contributed by atoms with E-state index in [2.05, 4.69) is 11.3 Å². The molecule has 0 saturated heterocycles. The van der Waals surface area contributed by atoms with Crippen LogP contribution in [-0.2, 0) is 18.9 Å². The SMILES string of the molecule is C=CCC1=CC(OC)(OC)C(O)C(OC)=C1.COC(=O)c1ccc(O)cc1. The van der Waals surface area contributed by atoms with Crippen LogP contribution in [0.3, 0.4) is 0 Å². The number of phenols is 1. The fourth-order valence-corrected chi connectivity index (χ4v) is 2.43. The second kappa shape index (κ2) is 10.5. The van der Waals surface area contributed by atoms with Crippen LogP contribution in [0.5, 0.6) is 5.75 Å². The standard InChI is InChI=1S/C12H18O4.C8H8O3/c1-5-6-9-7-10(14-2)11(13)12(8-9,15-3)16-4;1-11-8(10)6-2-4-7(9)5-3-6/h5,7-8,11,13H,1,6H2,2-4H3;2-5,9H,1H3. The Morgan fingerprint density at radius 2 is 1.78 bits per heavy atom. The lowest BCUT2D eigenvalue weighted by molar-refractivity contribution is -0.225. The number of carbonyl (C=O) groups excluding carboxylic acids is 1. The van der Waals surface area contributed by atoms with Crippen molar-refractivity contribution < 1.29 is 34.0 Å². The molecular formula is C20H26O7. The summed E-state index contributed by atoms with van der Waals surface area (Å²) >= 11 is 0. The molecule has 7 nitrogen and oxygen atoms in total. The van der Waals surface area contributed by atoms with E-state index in [0.717, 1.165) is 5.57 Å². The van der Waals surface area contributed by atoms with E-state index in [1.165, 1.54) is 52.7 Å². The first-order valence-corrected chi connectivity index (χ1v) is 8.11.